The van der Waals surface area contributed by atoms with E-state index in [4.69, 9.17) is 10.1 Å². The molecule has 1 fully saturated rings. The normalized spacial score (nSPS) is 18.9. The van der Waals surface area contributed by atoms with E-state index in [-0.39, 0.29) is 18.2 Å². The average molecular weight is 347 g/mol. The second-order valence-corrected chi connectivity index (χ2v) is 6.49. The third-order valence-corrected chi connectivity index (χ3v) is 4.68. The smallest absolute Gasteiger partial charge is 0.188 e. The quantitative estimate of drug-likeness (QED) is 0.827. The number of ether oxygens (including phenoxy) is 1. The number of rotatable bonds is 4. The lowest BCUT2D eigenvalue weighted by Gasteiger charge is -2.20. The number of ketones is 1. The number of hydrogen-bond donors (Lipinski definition) is 2. The molecule has 1 saturated heterocycles. The largest absolute Gasteiger partial charge is 0.491 e. The highest BCUT2D eigenvalue weighted by Gasteiger charge is 2.36. The van der Waals surface area contributed by atoms with Gasteiger partial charge < -0.3 is 15.0 Å². The molecule has 2 aromatic carbocycles. The van der Waals surface area contributed by atoms with Gasteiger partial charge in [0.1, 0.15) is 11.6 Å². The van der Waals surface area contributed by atoms with Crippen LogP contribution in [0.15, 0.2) is 59.8 Å². The number of benzene rings is 2. The van der Waals surface area contributed by atoms with Crippen LogP contribution in [-0.4, -0.2) is 24.8 Å². The number of nitrogens with one attached hydrogen (secondary N) is 2. The van der Waals surface area contributed by atoms with Crippen molar-refractivity contribution in [2.24, 2.45) is 0 Å². The lowest BCUT2D eigenvalue weighted by atomic mass is 10.1. The van der Waals surface area contributed by atoms with Crippen molar-refractivity contribution >= 4 is 23.0 Å². The molecular weight excluding hydrogens is 326 g/mol. The van der Waals surface area contributed by atoms with E-state index in [2.05, 4.69) is 12.2 Å². The average Bonchev–Trinajstić information content (AvgIpc) is 3.20. The van der Waals surface area contributed by atoms with Gasteiger partial charge in [0.25, 0.3) is 0 Å². The molecule has 132 valence electrons. The van der Waals surface area contributed by atoms with Crippen LogP contribution in [0.2, 0.25) is 0 Å². The van der Waals surface area contributed by atoms with Gasteiger partial charge in [0.05, 0.1) is 24.4 Å². The van der Waals surface area contributed by atoms with E-state index in [1.165, 1.54) is 0 Å². The van der Waals surface area contributed by atoms with Crippen LogP contribution in [0.4, 0.5) is 11.4 Å². The molecule has 2 aromatic rings. The Balaban J connectivity index is 1.66. The second-order valence-electron chi connectivity index (χ2n) is 6.49. The molecule has 0 amide bonds. The molecule has 0 saturated carbocycles. The number of nitrogens with zero attached hydrogens (tertiary/aromatic N) is 1. The predicted octanol–water partition coefficient (Wildman–Crippen LogP) is 3.76. The number of fused-ring (bicyclic) bond motifs is 1. The topological polar surface area (TPSA) is 65.4 Å². The molecule has 5 nitrogen and oxygen atoms in total. The van der Waals surface area contributed by atoms with E-state index < -0.39 is 0 Å². The van der Waals surface area contributed by atoms with Crippen LogP contribution in [-0.2, 0) is 11.2 Å². The Morgan fingerprint density at radius 1 is 1.15 bits per heavy atom. The maximum atomic E-state index is 12.7. The third-order valence-electron chi connectivity index (χ3n) is 4.68. The summed E-state index contributed by atoms with van der Waals surface area (Å²) in [6.07, 6.45) is 1.56. The van der Waals surface area contributed by atoms with Crippen molar-refractivity contribution in [1.82, 2.24) is 0 Å². The molecule has 0 bridgehead atoms. The number of anilines is 2. The van der Waals surface area contributed by atoms with Crippen LogP contribution in [0.25, 0.3) is 0 Å². The van der Waals surface area contributed by atoms with Crippen molar-refractivity contribution < 1.29 is 9.53 Å². The highest BCUT2D eigenvalue weighted by Crippen LogP contribution is 2.35. The molecule has 0 spiro atoms. The van der Waals surface area contributed by atoms with Crippen LogP contribution in [0, 0.1) is 5.41 Å². The Labute approximate surface area is 152 Å². The van der Waals surface area contributed by atoms with Gasteiger partial charge in [-0.05, 0) is 30.2 Å². The fourth-order valence-electron chi connectivity index (χ4n) is 3.44. The SMILES string of the molecule is CCCOc1ccccc1N1CC(=O)C(=C2Cc3ccccc3N2)C1=N. The molecule has 5 heteroatoms. The van der Waals surface area contributed by atoms with E-state index in [0.717, 1.165) is 29.1 Å². The van der Waals surface area contributed by atoms with Gasteiger partial charge in [0, 0.05) is 17.8 Å². The molecule has 0 radical (unpaired) electrons. The fraction of sp³-hybridized carbons (Fsp3) is 0.238. The minimum absolute atomic E-state index is 0.0319. The minimum Gasteiger partial charge on any atom is -0.491 e. The first-order valence-corrected chi connectivity index (χ1v) is 8.88. The summed E-state index contributed by atoms with van der Waals surface area (Å²) >= 11 is 0. The van der Waals surface area contributed by atoms with Gasteiger partial charge in [-0.15, -0.1) is 0 Å². The van der Waals surface area contributed by atoms with Gasteiger partial charge in [-0.3, -0.25) is 10.2 Å². The molecule has 2 aliphatic heterocycles. The van der Waals surface area contributed by atoms with Crippen molar-refractivity contribution in [3.05, 3.63) is 65.4 Å². The summed E-state index contributed by atoms with van der Waals surface area (Å²) in [5, 5.41) is 11.9. The molecule has 2 N–H and O–H groups in total. The van der Waals surface area contributed by atoms with Crippen LogP contribution in [0.1, 0.15) is 18.9 Å². The summed E-state index contributed by atoms with van der Waals surface area (Å²) in [6, 6.07) is 15.6. The Hall–Kier alpha value is -3.08. The highest BCUT2D eigenvalue weighted by molar-refractivity contribution is 6.33. The van der Waals surface area contributed by atoms with E-state index in [0.29, 0.717) is 24.4 Å². The van der Waals surface area contributed by atoms with Gasteiger partial charge in [-0.2, -0.15) is 0 Å². The number of carbonyl (C=O) groups is 1. The summed E-state index contributed by atoms with van der Waals surface area (Å²) in [6.45, 7) is 2.83. The van der Waals surface area contributed by atoms with Crippen molar-refractivity contribution in [3.8, 4) is 5.75 Å². The lowest BCUT2D eigenvalue weighted by Crippen LogP contribution is -2.25. The number of para-hydroxylation sites is 3. The van der Waals surface area contributed by atoms with Crippen LogP contribution in [0.3, 0.4) is 0 Å². The van der Waals surface area contributed by atoms with Crippen LogP contribution >= 0.6 is 0 Å². The standard InChI is InChI=1S/C21H21N3O2/c1-2-11-26-19-10-6-5-9-17(19)24-13-18(25)20(21(24)22)16-12-14-7-3-4-8-15(14)23-16/h3-10,22-23H,2,11-13H2,1H3. The summed E-state index contributed by atoms with van der Waals surface area (Å²) in [5.74, 6) is 0.911. The van der Waals surface area contributed by atoms with Crippen LogP contribution in [0.5, 0.6) is 5.75 Å². The van der Waals surface area contributed by atoms with Crippen molar-refractivity contribution in [1.29, 1.82) is 5.41 Å². The number of carbonyl (C=O) groups excluding carboxylic acids is 1. The van der Waals surface area contributed by atoms with E-state index >= 15 is 0 Å². The maximum absolute atomic E-state index is 12.7. The first-order valence-electron chi connectivity index (χ1n) is 8.88. The second kappa shape index (κ2) is 6.67. The molecule has 26 heavy (non-hydrogen) atoms. The highest BCUT2D eigenvalue weighted by atomic mass is 16.5. The van der Waals surface area contributed by atoms with Gasteiger partial charge in [0.2, 0.25) is 0 Å². The zero-order valence-electron chi connectivity index (χ0n) is 14.7. The zero-order chi connectivity index (χ0) is 18.1. The van der Waals surface area contributed by atoms with E-state index in [9.17, 15) is 4.79 Å². The van der Waals surface area contributed by atoms with Crippen LogP contribution < -0.4 is 15.0 Å². The molecule has 2 aliphatic rings. The minimum atomic E-state index is -0.0319. The molecule has 0 aromatic heterocycles. The maximum Gasteiger partial charge on any atom is 0.188 e. The molecule has 4 rings (SSSR count). The number of allylic oxidation sites excluding steroid dienone is 1. The summed E-state index contributed by atoms with van der Waals surface area (Å²) in [5.41, 5.74) is 4.23. The Kier molecular flexibility index (Phi) is 4.21. The summed E-state index contributed by atoms with van der Waals surface area (Å²) in [4.78, 5) is 14.4. The van der Waals surface area contributed by atoms with Gasteiger partial charge >= 0.3 is 0 Å². The third kappa shape index (κ3) is 2.75. The molecule has 0 aliphatic carbocycles. The summed E-state index contributed by atoms with van der Waals surface area (Å²) < 4.78 is 5.81. The monoisotopic (exact) mass is 347 g/mol. The first kappa shape index (κ1) is 16.4. The van der Waals surface area contributed by atoms with Crippen molar-refractivity contribution in [3.63, 3.8) is 0 Å². The zero-order valence-corrected chi connectivity index (χ0v) is 14.7. The Morgan fingerprint density at radius 2 is 1.92 bits per heavy atom. The molecular formula is C21H21N3O2. The predicted molar refractivity (Wildman–Crippen MR) is 103 cm³/mol. The van der Waals surface area contributed by atoms with Crippen molar-refractivity contribution in [2.45, 2.75) is 19.8 Å². The Morgan fingerprint density at radius 3 is 2.73 bits per heavy atom. The van der Waals surface area contributed by atoms with Gasteiger partial charge in [-0.25, -0.2) is 0 Å². The Bertz CT molecular complexity index is 890. The molecule has 2 heterocycles. The van der Waals surface area contributed by atoms with Gasteiger partial charge in [-0.1, -0.05) is 37.3 Å². The fourth-order valence-corrected chi connectivity index (χ4v) is 3.44. The van der Waals surface area contributed by atoms with Crippen molar-refractivity contribution in [2.75, 3.05) is 23.4 Å². The number of Topliss-reactive ketones (excluding diaryl/α,β-unsaturated/α-hetero) is 1. The van der Waals surface area contributed by atoms with E-state index in [1.54, 1.807) is 4.90 Å². The molecule has 0 unspecified atom stereocenters. The first-order chi connectivity index (χ1) is 12.7. The van der Waals surface area contributed by atoms with Gasteiger partial charge in [0.15, 0.2) is 5.78 Å². The number of amidine groups is 1. The number of hydrogen-bond acceptors (Lipinski definition) is 4. The van der Waals surface area contributed by atoms with E-state index in [1.807, 2.05) is 48.5 Å². The lowest BCUT2D eigenvalue weighted by molar-refractivity contribution is -0.113. The molecule has 0 atom stereocenters. The summed E-state index contributed by atoms with van der Waals surface area (Å²) in [7, 11) is 0.